The predicted molar refractivity (Wildman–Crippen MR) is 112 cm³/mol. The maximum atomic E-state index is 12.7. The first-order valence-electron chi connectivity index (χ1n) is 9.49. The zero-order valence-corrected chi connectivity index (χ0v) is 16.8. The first kappa shape index (κ1) is 19.6. The number of anilines is 1. The van der Waals surface area contributed by atoms with Crippen molar-refractivity contribution in [2.45, 2.75) is 27.3 Å². The van der Waals surface area contributed by atoms with Crippen molar-refractivity contribution in [3.05, 3.63) is 59.4 Å². The molecule has 0 saturated carbocycles. The van der Waals surface area contributed by atoms with Crippen LogP contribution < -0.4 is 15.0 Å². The summed E-state index contributed by atoms with van der Waals surface area (Å²) >= 11 is 0. The molecule has 1 N–H and O–H groups in total. The average Bonchev–Trinajstić information content (AvgIpc) is 2.73. The van der Waals surface area contributed by atoms with Gasteiger partial charge in [0.1, 0.15) is 11.6 Å². The first-order chi connectivity index (χ1) is 13.5. The summed E-state index contributed by atoms with van der Waals surface area (Å²) in [4.78, 5) is 23.9. The van der Waals surface area contributed by atoms with Crippen molar-refractivity contribution in [1.29, 1.82) is 0 Å². The largest absolute Gasteiger partial charge is 0.497 e. The topological polar surface area (TPSA) is 67.4 Å². The number of benzene rings is 1. The third-order valence-corrected chi connectivity index (χ3v) is 4.81. The van der Waals surface area contributed by atoms with Crippen LogP contribution in [0.5, 0.6) is 5.75 Å². The fourth-order valence-corrected chi connectivity index (χ4v) is 3.14. The number of hydrogen-bond acceptors (Lipinski definition) is 5. The molecule has 0 radical (unpaired) electrons. The van der Waals surface area contributed by atoms with Crippen molar-refractivity contribution < 1.29 is 9.53 Å². The number of ether oxygens (including phenoxy) is 1. The Balaban J connectivity index is 1.73. The van der Waals surface area contributed by atoms with Gasteiger partial charge < -0.3 is 15.0 Å². The SMILES string of the molecule is CCN(CC)c1ccc(CNC(=O)c2cc3cc(OC)ccc3nc2C)cn1. The molecule has 0 fully saturated rings. The normalized spacial score (nSPS) is 10.7. The van der Waals surface area contributed by atoms with Gasteiger partial charge in [-0.1, -0.05) is 6.07 Å². The van der Waals surface area contributed by atoms with Gasteiger partial charge in [0.25, 0.3) is 5.91 Å². The van der Waals surface area contributed by atoms with E-state index in [1.807, 2.05) is 49.5 Å². The van der Waals surface area contributed by atoms with Crippen LogP contribution in [-0.4, -0.2) is 36.1 Å². The van der Waals surface area contributed by atoms with Crippen molar-refractivity contribution in [1.82, 2.24) is 15.3 Å². The molecule has 28 heavy (non-hydrogen) atoms. The van der Waals surface area contributed by atoms with Gasteiger partial charge in [0.2, 0.25) is 0 Å². The van der Waals surface area contributed by atoms with Gasteiger partial charge >= 0.3 is 0 Å². The van der Waals surface area contributed by atoms with E-state index in [-0.39, 0.29) is 5.91 Å². The fraction of sp³-hybridized carbons (Fsp3) is 0.318. The number of amides is 1. The van der Waals surface area contributed by atoms with Gasteiger partial charge in [-0.2, -0.15) is 0 Å². The minimum absolute atomic E-state index is 0.150. The van der Waals surface area contributed by atoms with Gasteiger partial charge in [0, 0.05) is 31.2 Å². The lowest BCUT2D eigenvalue weighted by molar-refractivity contribution is 0.0950. The lowest BCUT2D eigenvalue weighted by Gasteiger charge is -2.19. The predicted octanol–water partition coefficient (Wildman–Crippen LogP) is 3.72. The zero-order chi connectivity index (χ0) is 20.1. The van der Waals surface area contributed by atoms with Gasteiger partial charge in [-0.15, -0.1) is 0 Å². The van der Waals surface area contributed by atoms with E-state index in [1.54, 1.807) is 7.11 Å². The second kappa shape index (κ2) is 8.69. The number of carbonyl (C=O) groups is 1. The monoisotopic (exact) mass is 378 g/mol. The summed E-state index contributed by atoms with van der Waals surface area (Å²) in [7, 11) is 1.62. The molecule has 6 nitrogen and oxygen atoms in total. The van der Waals surface area contributed by atoms with Crippen molar-refractivity contribution >= 4 is 22.6 Å². The number of hydrogen-bond donors (Lipinski definition) is 1. The van der Waals surface area contributed by atoms with Crippen LogP contribution in [0, 0.1) is 6.92 Å². The molecular formula is C22H26N4O2. The van der Waals surface area contributed by atoms with Crippen molar-refractivity contribution in [3.63, 3.8) is 0 Å². The van der Waals surface area contributed by atoms with Gasteiger partial charge in [0.15, 0.2) is 0 Å². The van der Waals surface area contributed by atoms with Crippen LogP contribution in [0.25, 0.3) is 10.9 Å². The van der Waals surface area contributed by atoms with Gasteiger partial charge in [0.05, 0.1) is 23.9 Å². The van der Waals surface area contributed by atoms with Crippen LogP contribution in [0.2, 0.25) is 0 Å². The number of aromatic nitrogens is 2. The smallest absolute Gasteiger partial charge is 0.253 e. The summed E-state index contributed by atoms with van der Waals surface area (Å²) in [6, 6.07) is 11.5. The Hall–Kier alpha value is -3.15. The molecule has 3 aromatic rings. The quantitative estimate of drug-likeness (QED) is 0.679. The minimum Gasteiger partial charge on any atom is -0.497 e. The molecule has 0 aliphatic carbocycles. The first-order valence-corrected chi connectivity index (χ1v) is 9.49. The van der Waals surface area contributed by atoms with Gasteiger partial charge in [-0.25, -0.2) is 4.98 Å². The molecule has 0 spiro atoms. The fourth-order valence-electron chi connectivity index (χ4n) is 3.14. The number of fused-ring (bicyclic) bond motifs is 1. The maximum absolute atomic E-state index is 12.7. The van der Waals surface area contributed by atoms with E-state index >= 15 is 0 Å². The third-order valence-electron chi connectivity index (χ3n) is 4.81. The van der Waals surface area contributed by atoms with Crippen LogP contribution in [-0.2, 0) is 6.54 Å². The van der Waals surface area contributed by atoms with Crippen LogP contribution in [0.3, 0.4) is 0 Å². The average molecular weight is 378 g/mol. The molecule has 3 rings (SSSR count). The maximum Gasteiger partial charge on any atom is 0.253 e. The lowest BCUT2D eigenvalue weighted by atomic mass is 10.1. The summed E-state index contributed by atoms with van der Waals surface area (Å²) in [6.45, 7) is 8.31. The Morgan fingerprint density at radius 3 is 2.57 bits per heavy atom. The minimum atomic E-state index is -0.150. The van der Waals surface area contributed by atoms with E-state index in [4.69, 9.17) is 4.74 Å². The van der Waals surface area contributed by atoms with Crippen LogP contribution in [0.15, 0.2) is 42.6 Å². The van der Waals surface area contributed by atoms with Crippen LogP contribution in [0.4, 0.5) is 5.82 Å². The summed E-state index contributed by atoms with van der Waals surface area (Å²) in [6.07, 6.45) is 1.81. The highest BCUT2D eigenvalue weighted by Crippen LogP contribution is 2.22. The Kier molecular flexibility index (Phi) is 6.09. The molecule has 0 atom stereocenters. The van der Waals surface area contributed by atoms with E-state index in [2.05, 4.69) is 34.0 Å². The Morgan fingerprint density at radius 2 is 1.93 bits per heavy atom. The molecular weight excluding hydrogens is 352 g/mol. The molecule has 2 aromatic heterocycles. The molecule has 0 saturated heterocycles. The molecule has 1 amide bonds. The molecule has 1 aromatic carbocycles. The number of rotatable bonds is 7. The number of aryl methyl sites for hydroxylation is 1. The van der Waals surface area contributed by atoms with Crippen LogP contribution in [0.1, 0.15) is 35.5 Å². The number of carbonyl (C=O) groups excluding carboxylic acids is 1. The Morgan fingerprint density at radius 1 is 1.14 bits per heavy atom. The number of pyridine rings is 2. The second-order valence-electron chi connectivity index (χ2n) is 6.56. The van der Waals surface area contributed by atoms with E-state index in [0.717, 1.165) is 41.1 Å². The summed E-state index contributed by atoms with van der Waals surface area (Å²) in [5.74, 6) is 1.54. The third kappa shape index (κ3) is 4.22. The summed E-state index contributed by atoms with van der Waals surface area (Å²) < 4.78 is 5.26. The molecule has 0 aliphatic rings. The number of nitrogens with zero attached hydrogens (tertiary/aromatic N) is 3. The van der Waals surface area contributed by atoms with Gasteiger partial charge in [-0.3, -0.25) is 9.78 Å². The number of methoxy groups -OCH3 is 1. The highest BCUT2D eigenvalue weighted by molar-refractivity contribution is 5.98. The Labute approximate surface area is 165 Å². The molecule has 146 valence electrons. The van der Waals surface area contributed by atoms with E-state index in [1.165, 1.54) is 0 Å². The highest BCUT2D eigenvalue weighted by Gasteiger charge is 2.12. The molecule has 0 bridgehead atoms. The van der Waals surface area contributed by atoms with Crippen molar-refractivity contribution in [2.24, 2.45) is 0 Å². The van der Waals surface area contributed by atoms with Crippen LogP contribution >= 0.6 is 0 Å². The van der Waals surface area contributed by atoms with Crippen molar-refractivity contribution in [3.8, 4) is 5.75 Å². The second-order valence-corrected chi connectivity index (χ2v) is 6.56. The highest BCUT2D eigenvalue weighted by atomic mass is 16.5. The van der Waals surface area contributed by atoms with E-state index in [0.29, 0.717) is 17.8 Å². The number of nitrogens with one attached hydrogen (secondary N) is 1. The molecule has 0 aliphatic heterocycles. The molecule has 2 heterocycles. The van der Waals surface area contributed by atoms with E-state index in [9.17, 15) is 4.79 Å². The summed E-state index contributed by atoms with van der Waals surface area (Å²) in [5.41, 5.74) is 3.06. The lowest BCUT2D eigenvalue weighted by Crippen LogP contribution is -2.25. The zero-order valence-electron chi connectivity index (χ0n) is 16.8. The van der Waals surface area contributed by atoms with Crippen molar-refractivity contribution in [2.75, 3.05) is 25.1 Å². The molecule has 0 unspecified atom stereocenters. The van der Waals surface area contributed by atoms with Gasteiger partial charge in [-0.05, 0) is 56.7 Å². The van der Waals surface area contributed by atoms with E-state index < -0.39 is 0 Å². The standard InChI is InChI=1S/C22H26N4O2/c1-5-26(6-2)21-10-7-16(13-23-21)14-24-22(27)19-12-17-11-18(28-4)8-9-20(17)25-15(19)3/h7-13H,5-6,14H2,1-4H3,(H,24,27). The molecule has 6 heteroatoms. The Bertz CT molecular complexity index is 966. The summed E-state index contributed by atoms with van der Waals surface area (Å²) in [5, 5.41) is 3.84.